The van der Waals surface area contributed by atoms with Crippen molar-refractivity contribution >= 4 is 16.7 Å². The standard InChI is InChI=1S/C27H29N2O2/c1-2-19-17-29(18-26(30)20-8-4-3-5-9-20)15-13-21(19)16-25(29)27(31)23-12-14-28-24-11-7-6-10-22(23)24/h2-12,14,19,21,25,27,31H,1,13,15-18H2/q+1/t19-,21-,25-,27+,29-/m0/s1. The summed E-state index contributed by atoms with van der Waals surface area (Å²) in [6.07, 6.45) is 5.21. The topological polar surface area (TPSA) is 50.2 Å². The molecular formula is C27H29N2O2+. The molecule has 1 aromatic heterocycles. The molecule has 3 fully saturated rings. The molecule has 3 aliphatic rings. The first-order chi connectivity index (χ1) is 15.1. The van der Waals surface area contributed by atoms with Crippen LogP contribution in [0, 0.1) is 11.8 Å². The number of pyridine rings is 1. The average Bonchev–Trinajstić information content (AvgIpc) is 2.83. The van der Waals surface area contributed by atoms with Gasteiger partial charge < -0.3 is 9.59 Å². The third-order valence-electron chi connectivity index (χ3n) is 7.60. The van der Waals surface area contributed by atoms with E-state index in [4.69, 9.17) is 0 Å². The number of aromatic nitrogens is 1. The third-order valence-corrected chi connectivity index (χ3v) is 7.60. The number of rotatable bonds is 6. The van der Waals surface area contributed by atoms with E-state index in [9.17, 15) is 9.90 Å². The summed E-state index contributed by atoms with van der Waals surface area (Å²) < 4.78 is 0.638. The summed E-state index contributed by atoms with van der Waals surface area (Å²) in [5, 5.41) is 12.7. The number of Topliss-reactive ketones (excluding diaryl/α,β-unsaturated/α-hetero) is 1. The van der Waals surface area contributed by atoms with Crippen LogP contribution in [0.15, 0.2) is 79.5 Å². The highest BCUT2D eigenvalue weighted by molar-refractivity contribution is 5.97. The van der Waals surface area contributed by atoms with E-state index in [2.05, 4.69) is 17.6 Å². The van der Waals surface area contributed by atoms with Gasteiger partial charge in [-0.1, -0.05) is 54.6 Å². The molecule has 0 spiro atoms. The summed E-state index contributed by atoms with van der Waals surface area (Å²) >= 11 is 0. The van der Waals surface area contributed by atoms with E-state index in [1.54, 1.807) is 6.20 Å². The first-order valence-electron chi connectivity index (χ1n) is 11.2. The van der Waals surface area contributed by atoms with Gasteiger partial charge in [0.05, 0.1) is 18.6 Å². The van der Waals surface area contributed by atoms with Gasteiger partial charge in [0, 0.05) is 35.9 Å². The van der Waals surface area contributed by atoms with E-state index >= 15 is 0 Å². The second kappa shape index (κ2) is 8.03. The number of hydrogen-bond acceptors (Lipinski definition) is 3. The second-order valence-corrected chi connectivity index (χ2v) is 9.19. The highest BCUT2D eigenvalue weighted by Gasteiger charge is 2.54. The van der Waals surface area contributed by atoms with Gasteiger partial charge in [-0.25, -0.2) is 0 Å². The Labute approximate surface area is 183 Å². The van der Waals surface area contributed by atoms with Crippen LogP contribution in [-0.2, 0) is 0 Å². The summed E-state index contributed by atoms with van der Waals surface area (Å²) in [6, 6.07) is 19.5. The van der Waals surface area contributed by atoms with Crippen molar-refractivity contribution in [3.63, 3.8) is 0 Å². The Hall–Kier alpha value is -2.82. The number of ketones is 1. The molecule has 0 amide bonds. The van der Waals surface area contributed by atoms with Crippen LogP contribution in [0.25, 0.3) is 10.9 Å². The smallest absolute Gasteiger partial charge is 0.216 e. The second-order valence-electron chi connectivity index (χ2n) is 9.19. The maximum absolute atomic E-state index is 13.3. The lowest BCUT2D eigenvalue weighted by Crippen LogP contribution is -2.69. The Balaban J connectivity index is 1.53. The zero-order valence-electron chi connectivity index (χ0n) is 17.7. The van der Waals surface area contributed by atoms with Crippen LogP contribution in [0.3, 0.4) is 0 Å². The first-order valence-corrected chi connectivity index (χ1v) is 11.2. The summed E-state index contributed by atoms with van der Waals surface area (Å²) in [5.41, 5.74) is 2.56. The van der Waals surface area contributed by atoms with Gasteiger partial charge in [0.1, 0.15) is 18.7 Å². The molecule has 0 radical (unpaired) electrons. The van der Waals surface area contributed by atoms with Crippen LogP contribution in [0.5, 0.6) is 0 Å². The maximum atomic E-state index is 13.3. The fourth-order valence-electron chi connectivity index (χ4n) is 5.97. The number of fused-ring (bicyclic) bond motifs is 4. The van der Waals surface area contributed by atoms with E-state index in [0.29, 0.717) is 22.9 Å². The number of quaternary nitrogens is 1. The van der Waals surface area contributed by atoms with Gasteiger partial charge in [0.15, 0.2) is 0 Å². The summed E-state index contributed by atoms with van der Waals surface area (Å²) in [4.78, 5) is 17.7. The molecule has 6 rings (SSSR count). The lowest BCUT2D eigenvalue weighted by Gasteiger charge is -2.57. The molecule has 2 aromatic carbocycles. The normalized spacial score (nSPS) is 28.4. The number of carbonyl (C=O) groups excluding carboxylic acids is 1. The molecular weight excluding hydrogens is 384 g/mol. The van der Waals surface area contributed by atoms with Crippen molar-refractivity contribution < 1.29 is 14.4 Å². The SMILES string of the molecule is C=C[C@H]1C[N@+]2(CC(=O)c3ccccc3)CC[C@H]1C[C@H]2[C@H](O)c1ccnc2ccccc12. The number of para-hydroxylation sites is 1. The lowest BCUT2D eigenvalue weighted by molar-refractivity contribution is -0.966. The van der Waals surface area contributed by atoms with Crippen molar-refractivity contribution in [2.45, 2.75) is 25.0 Å². The molecule has 0 unspecified atom stereocenters. The quantitative estimate of drug-likeness (QED) is 0.366. The van der Waals surface area contributed by atoms with E-state index in [1.807, 2.05) is 60.7 Å². The summed E-state index contributed by atoms with van der Waals surface area (Å²) in [5.74, 6) is 1.08. The van der Waals surface area contributed by atoms with Crippen LogP contribution >= 0.6 is 0 Å². The van der Waals surface area contributed by atoms with Crippen molar-refractivity contribution in [2.24, 2.45) is 11.8 Å². The average molecular weight is 414 g/mol. The largest absolute Gasteiger partial charge is 0.382 e. The minimum absolute atomic E-state index is 0.00609. The van der Waals surface area contributed by atoms with E-state index in [0.717, 1.165) is 48.0 Å². The Morgan fingerprint density at radius 2 is 1.94 bits per heavy atom. The molecule has 158 valence electrons. The van der Waals surface area contributed by atoms with Crippen molar-refractivity contribution in [1.82, 2.24) is 4.98 Å². The molecule has 5 atom stereocenters. The van der Waals surface area contributed by atoms with E-state index in [1.165, 1.54) is 0 Å². The fraction of sp³-hybridized carbons (Fsp3) is 0.333. The zero-order valence-corrected chi connectivity index (χ0v) is 17.7. The molecule has 4 heterocycles. The van der Waals surface area contributed by atoms with Gasteiger partial charge in [-0.15, -0.1) is 6.58 Å². The van der Waals surface area contributed by atoms with Crippen molar-refractivity contribution in [1.29, 1.82) is 0 Å². The highest BCUT2D eigenvalue weighted by atomic mass is 16.3. The first kappa shape index (κ1) is 20.1. The number of aliphatic hydroxyl groups is 1. The van der Waals surface area contributed by atoms with Gasteiger partial charge in [-0.2, -0.15) is 0 Å². The van der Waals surface area contributed by atoms with Crippen molar-refractivity contribution in [3.05, 3.63) is 90.6 Å². The van der Waals surface area contributed by atoms with Crippen LogP contribution in [0.4, 0.5) is 0 Å². The maximum Gasteiger partial charge on any atom is 0.216 e. The predicted octanol–water partition coefficient (Wildman–Crippen LogP) is 4.56. The van der Waals surface area contributed by atoms with Crippen LogP contribution in [0.2, 0.25) is 0 Å². The van der Waals surface area contributed by atoms with Crippen LogP contribution in [0.1, 0.15) is 34.9 Å². The van der Waals surface area contributed by atoms with Crippen LogP contribution in [-0.4, -0.2) is 46.0 Å². The Bertz CT molecular complexity index is 1110. The molecule has 0 saturated carbocycles. The number of nitrogens with zero attached hydrogens (tertiary/aromatic N) is 2. The van der Waals surface area contributed by atoms with Gasteiger partial charge in [-0.05, 0) is 23.6 Å². The third kappa shape index (κ3) is 3.50. The van der Waals surface area contributed by atoms with Gasteiger partial charge >= 0.3 is 0 Å². The highest BCUT2D eigenvalue weighted by Crippen LogP contribution is 2.47. The number of hydrogen-bond donors (Lipinski definition) is 1. The Kier molecular flexibility index (Phi) is 5.20. The van der Waals surface area contributed by atoms with E-state index in [-0.39, 0.29) is 11.8 Å². The molecule has 2 bridgehead atoms. The molecule has 1 N–H and O–H groups in total. The zero-order chi connectivity index (χ0) is 21.4. The summed E-state index contributed by atoms with van der Waals surface area (Å²) in [6.45, 7) is 6.30. The van der Waals surface area contributed by atoms with Gasteiger partial charge in [0.25, 0.3) is 0 Å². The Morgan fingerprint density at radius 1 is 1.16 bits per heavy atom. The van der Waals surface area contributed by atoms with Gasteiger partial charge in [-0.3, -0.25) is 9.78 Å². The molecule has 3 aliphatic heterocycles. The van der Waals surface area contributed by atoms with E-state index < -0.39 is 6.10 Å². The number of piperidine rings is 3. The summed E-state index contributed by atoms with van der Waals surface area (Å²) in [7, 11) is 0. The number of aliphatic hydroxyl groups excluding tert-OH is 1. The molecule has 3 saturated heterocycles. The molecule has 4 nitrogen and oxygen atoms in total. The molecule has 4 heteroatoms. The monoisotopic (exact) mass is 413 g/mol. The number of carbonyl (C=O) groups is 1. The lowest BCUT2D eigenvalue weighted by atomic mass is 9.71. The minimum atomic E-state index is -0.634. The predicted molar refractivity (Wildman–Crippen MR) is 123 cm³/mol. The van der Waals surface area contributed by atoms with Crippen LogP contribution < -0.4 is 0 Å². The van der Waals surface area contributed by atoms with Crippen molar-refractivity contribution in [2.75, 3.05) is 19.6 Å². The minimum Gasteiger partial charge on any atom is -0.382 e. The van der Waals surface area contributed by atoms with Gasteiger partial charge in [0.2, 0.25) is 5.78 Å². The Morgan fingerprint density at radius 3 is 2.74 bits per heavy atom. The van der Waals surface area contributed by atoms with Crippen molar-refractivity contribution in [3.8, 4) is 0 Å². The molecule has 31 heavy (non-hydrogen) atoms. The molecule has 0 aliphatic carbocycles. The molecule has 3 aromatic rings. The fourth-order valence-corrected chi connectivity index (χ4v) is 5.97. The number of benzene rings is 2.